The molecule has 0 radical (unpaired) electrons. The first-order valence-electron chi connectivity index (χ1n) is 3.81. The number of hydrogen-bond acceptors (Lipinski definition) is 5. The monoisotopic (exact) mass is 178 g/mol. The molecular formula is C6H16N3O3+. The van der Waals surface area contributed by atoms with Gasteiger partial charge in [-0.3, -0.25) is 0 Å². The fourth-order valence-corrected chi connectivity index (χ4v) is 0.405. The van der Waals surface area contributed by atoms with Gasteiger partial charge < -0.3 is 11.5 Å². The predicted molar refractivity (Wildman–Crippen MR) is 42.8 cm³/mol. The van der Waals surface area contributed by atoms with E-state index >= 15 is 0 Å². The standard InChI is InChI=1S/C6H16N3O3/c1-5(3-7)11-9(10)12-6(2)4-8/h5-6H,3-4,7-8H2,1-2H3/q+1. The highest BCUT2D eigenvalue weighted by atomic mass is 17.0. The quantitative estimate of drug-likeness (QED) is 0.526. The van der Waals surface area contributed by atoms with E-state index in [9.17, 15) is 4.91 Å². The fraction of sp³-hybridized carbons (Fsp3) is 1.00. The molecule has 6 heteroatoms. The van der Waals surface area contributed by atoms with E-state index in [1.54, 1.807) is 13.8 Å². The lowest BCUT2D eigenvalue weighted by Crippen LogP contribution is -2.30. The summed E-state index contributed by atoms with van der Waals surface area (Å²) < 4.78 is 0. The van der Waals surface area contributed by atoms with Crippen LogP contribution in [0.3, 0.4) is 0 Å². The molecule has 0 aromatic carbocycles. The highest BCUT2D eigenvalue weighted by Crippen LogP contribution is 1.93. The lowest BCUT2D eigenvalue weighted by Gasteiger charge is -2.02. The van der Waals surface area contributed by atoms with Gasteiger partial charge in [0.05, 0.1) is 0 Å². The highest BCUT2D eigenvalue weighted by molar-refractivity contribution is 4.44. The van der Waals surface area contributed by atoms with E-state index in [2.05, 4.69) is 9.68 Å². The topological polar surface area (TPSA) is 90.6 Å². The van der Waals surface area contributed by atoms with Gasteiger partial charge in [-0.1, -0.05) is 0 Å². The van der Waals surface area contributed by atoms with Crippen LogP contribution in [0.25, 0.3) is 0 Å². The van der Waals surface area contributed by atoms with Gasteiger partial charge in [-0.15, -0.1) is 0 Å². The van der Waals surface area contributed by atoms with Crippen molar-refractivity contribution >= 4 is 0 Å². The van der Waals surface area contributed by atoms with Crippen LogP contribution < -0.4 is 11.5 Å². The lowest BCUT2D eigenvalue weighted by atomic mass is 10.4. The molecule has 0 spiro atoms. The van der Waals surface area contributed by atoms with Gasteiger partial charge in [0.25, 0.3) is 0 Å². The fourth-order valence-electron chi connectivity index (χ4n) is 0.405. The molecule has 72 valence electrons. The summed E-state index contributed by atoms with van der Waals surface area (Å²) in [5.41, 5.74) is 10.4. The third-order valence-corrected chi connectivity index (χ3v) is 1.20. The minimum absolute atomic E-state index is 0.0506. The Hall–Kier alpha value is -0.880. The SMILES string of the molecule is CC(CN)O[N+](=O)OC(C)CN. The summed E-state index contributed by atoms with van der Waals surface area (Å²) in [6, 6.07) is 0. The third-order valence-electron chi connectivity index (χ3n) is 1.20. The molecule has 2 atom stereocenters. The van der Waals surface area contributed by atoms with E-state index in [0.717, 1.165) is 0 Å². The van der Waals surface area contributed by atoms with Crippen molar-refractivity contribution in [2.24, 2.45) is 11.5 Å². The van der Waals surface area contributed by atoms with E-state index in [1.165, 1.54) is 0 Å². The normalized spacial score (nSPS) is 15.0. The van der Waals surface area contributed by atoms with E-state index < -0.39 is 0 Å². The molecular weight excluding hydrogens is 162 g/mol. The van der Waals surface area contributed by atoms with Crippen molar-refractivity contribution in [2.45, 2.75) is 26.1 Å². The maximum absolute atomic E-state index is 10.7. The molecule has 0 heterocycles. The zero-order valence-electron chi connectivity index (χ0n) is 7.40. The average Bonchev–Trinajstić information content (AvgIpc) is 2.03. The summed E-state index contributed by atoms with van der Waals surface area (Å²) in [5, 5.41) is 0.0506. The lowest BCUT2D eigenvalue weighted by molar-refractivity contribution is -0.991. The second-order valence-electron chi connectivity index (χ2n) is 2.53. The summed E-state index contributed by atoms with van der Waals surface area (Å²) in [6.45, 7) is 3.86. The summed E-state index contributed by atoms with van der Waals surface area (Å²) >= 11 is 0. The molecule has 0 saturated heterocycles. The Balaban J connectivity index is 3.59. The van der Waals surface area contributed by atoms with Crippen molar-refractivity contribution in [1.29, 1.82) is 0 Å². The first-order chi connectivity index (χ1) is 5.60. The Kier molecular flexibility index (Phi) is 5.31. The Morgan fingerprint density at radius 2 is 1.50 bits per heavy atom. The molecule has 0 aromatic rings. The van der Waals surface area contributed by atoms with Crippen LogP contribution in [0, 0.1) is 4.91 Å². The van der Waals surface area contributed by atoms with Crippen LogP contribution >= 0.6 is 0 Å². The smallest absolute Gasteiger partial charge is 0.327 e. The zero-order valence-corrected chi connectivity index (χ0v) is 7.40. The van der Waals surface area contributed by atoms with Crippen LogP contribution in [0.5, 0.6) is 0 Å². The van der Waals surface area contributed by atoms with Crippen molar-refractivity contribution in [3.8, 4) is 0 Å². The Bertz CT molecular complexity index is 128. The molecule has 0 fully saturated rings. The van der Waals surface area contributed by atoms with Gasteiger partial charge in [0.1, 0.15) is 4.91 Å². The molecule has 0 saturated carbocycles. The number of rotatable bonds is 6. The van der Waals surface area contributed by atoms with Gasteiger partial charge in [0, 0.05) is 13.1 Å². The van der Waals surface area contributed by atoms with Crippen molar-refractivity contribution in [3.05, 3.63) is 4.91 Å². The molecule has 0 bridgehead atoms. The number of nitrogens with zero attached hydrogens (tertiary/aromatic N) is 1. The van der Waals surface area contributed by atoms with Gasteiger partial charge in [-0.25, -0.2) is 0 Å². The molecule has 0 aliphatic heterocycles. The third kappa shape index (κ3) is 4.86. The van der Waals surface area contributed by atoms with Gasteiger partial charge in [-0.05, 0) is 13.8 Å². The second kappa shape index (κ2) is 5.73. The summed E-state index contributed by atoms with van der Waals surface area (Å²) in [6.07, 6.45) is -0.708. The Labute approximate surface area is 71.3 Å². The summed E-state index contributed by atoms with van der Waals surface area (Å²) in [5.74, 6) is 0. The van der Waals surface area contributed by atoms with Crippen LogP contribution in [-0.4, -0.2) is 30.4 Å². The molecule has 0 rings (SSSR count). The van der Waals surface area contributed by atoms with E-state index in [4.69, 9.17) is 11.5 Å². The maximum Gasteiger partial charge on any atom is 0.478 e. The van der Waals surface area contributed by atoms with Crippen molar-refractivity contribution in [1.82, 2.24) is 0 Å². The maximum atomic E-state index is 10.7. The van der Waals surface area contributed by atoms with Crippen LogP contribution in [0.2, 0.25) is 0 Å². The predicted octanol–water partition coefficient (Wildman–Crippen LogP) is -0.677. The van der Waals surface area contributed by atoms with Crippen LogP contribution in [0.1, 0.15) is 13.8 Å². The largest absolute Gasteiger partial charge is 0.478 e. The molecule has 0 amide bonds. The molecule has 0 aliphatic carbocycles. The van der Waals surface area contributed by atoms with Gasteiger partial charge in [0.15, 0.2) is 12.2 Å². The van der Waals surface area contributed by atoms with Crippen LogP contribution in [0.15, 0.2) is 0 Å². The molecule has 4 N–H and O–H groups in total. The van der Waals surface area contributed by atoms with Crippen molar-refractivity contribution in [3.63, 3.8) is 0 Å². The van der Waals surface area contributed by atoms with Crippen molar-refractivity contribution < 1.29 is 14.8 Å². The Morgan fingerprint density at radius 1 is 1.17 bits per heavy atom. The van der Waals surface area contributed by atoms with E-state index in [-0.39, 0.29) is 30.4 Å². The number of hydrogen-bond donors (Lipinski definition) is 2. The van der Waals surface area contributed by atoms with Crippen LogP contribution in [0.4, 0.5) is 0 Å². The molecule has 12 heavy (non-hydrogen) atoms. The minimum atomic E-state index is -0.354. The first-order valence-corrected chi connectivity index (χ1v) is 3.81. The number of nitrogens with two attached hydrogens (primary N) is 2. The molecule has 2 unspecified atom stereocenters. The second-order valence-corrected chi connectivity index (χ2v) is 2.53. The van der Waals surface area contributed by atoms with E-state index in [1.807, 2.05) is 0 Å². The van der Waals surface area contributed by atoms with Gasteiger partial charge in [0.2, 0.25) is 0 Å². The van der Waals surface area contributed by atoms with Gasteiger partial charge in [-0.2, -0.15) is 9.68 Å². The Morgan fingerprint density at radius 3 is 1.75 bits per heavy atom. The van der Waals surface area contributed by atoms with Gasteiger partial charge >= 0.3 is 5.09 Å². The summed E-state index contributed by atoms with van der Waals surface area (Å²) in [4.78, 5) is 20.0. The highest BCUT2D eigenvalue weighted by Gasteiger charge is 2.20. The summed E-state index contributed by atoms with van der Waals surface area (Å²) in [7, 11) is 0. The minimum Gasteiger partial charge on any atom is -0.327 e. The first kappa shape index (κ1) is 11.1. The molecule has 0 aliphatic rings. The van der Waals surface area contributed by atoms with Crippen molar-refractivity contribution in [2.75, 3.05) is 13.1 Å². The average molecular weight is 178 g/mol. The molecule has 0 aromatic heterocycles. The molecule has 6 nitrogen and oxygen atoms in total. The van der Waals surface area contributed by atoms with Crippen LogP contribution in [-0.2, 0) is 9.68 Å². The zero-order chi connectivity index (χ0) is 9.56. The van der Waals surface area contributed by atoms with E-state index in [0.29, 0.717) is 0 Å².